The number of benzene rings is 2. The molecule has 0 spiro atoms. The van der Waals surface area contributed by atoms with E-state index in [4.69, 9.17) is 4.98 Å². The zero-order valence-electron chi connectivity index (χ0n) is 17.1. The molecule has 1 aliphatic rings. The summed E-state index contributed by atoms with van der Waals surface area (Å²) < 4.78 is 43.7. The highest BCUT2D eigenvalue weighted by atomic mass is 19.1. The number of nitrogens with zero attached hydrogens (tertiary/aromatic N) is 2. The molecule has 1 aliphatic heterocycles. The summed E-state index contributed by atoms with van der Waals surface area (Å²) in [4.78, 5) is 4.80. The summed E-state index contributed by atoms with van der Waals surface area (Å²) >= 11 is 0. The van der Waals surface area contributed by atoms with Crippen LogP contribution in [0.25, 0.3) is 33.3 Å². The van der Waals surface area contributed by atoms with Crippen molar-refractivity contribution in [1.29, 1.82) is 0 Å². The predicted molar refractivity (Wildman–Crippen MR) is 116 cm³/mol. The minimum Gasteiger partial charge on any atom is -0.618 e. The third-order valence-corrected chi connectivity index (χ3v) is 6.01. The molecule has 0 aliphatic carbocycles. The Bertz CT molecular complexity index is 1320. The molecule has 0 amide bonds. The average Bonchev–Trinajstić information content (AvgIpc) is 2.80. The molecular formula is C25H20F3N3O. The molecule has 4 nitrogen and oxygen atoms in total. The van der Waals surface area contributed by atoms with E-state index in [0.717, 1.165) is 32.0 Å². The van der Waals surface area contributed by atoms with Crippen LogP contribution >= 0.6 is 0 Å². The summed E-state index contributed by atoms with van der Waals surface area (Å²) in [6.07, 6.45) is 2.94. The van der Waals surface area contributed by atoms with Gasteiger partial charge in [0.2, 0.25) is 0 Å². The fraction of sp³-hybridized carbons (Fsp3) is 0.200. The number of hydrogen-bond acceptors (Lipinski definition) is 3. The summed E-state index contributed by atoms with van der Waals surface area (Å²) in [5.41, 5.74) is 1.90. The molecule has 2 aromatic carbocycles. The number of halogens is 3. The second-order valence-corrected chi connectivity index (χ2v) is 7.98. The molecular weight excluding hydrogens is 415 g/mol. The lowest BCUT2D eigenvalue weighted by Gasteiger charge is -2.23. The van der Waals surface area contributed by atoms with Gasteiger partial charge in [0.15, 0.2) is 6.20 Å². The Balaban J connectivity index is 1.85. The molecule has 3 heterocycles. The molecule has 0 radical (unpaired) electrons. The Morgan fingerprint density at radius 3 is 2.41 bits per heavy atom. The minimum atomic E-state index is -0.708. The Kier molecular flexibility index (Phi) is 5.27. The van der Waals surface area contributed by atoms with Gasteiger partial charge in [-0.1, -0.05) is 12.1 Å². The summed E-state index contributed by atoms with van der Waals surface area (Å²) in [6, 6.07) is 12.8. The van der Waals surface area contributed by atoms with E-state index in [9.17, 15) is 18.4 Å². The van der Waals surface area contributed by atoms with Gasteiger partial charge in [-0.2, -0.15) is 4.73 Å². The van der Waals surface area contributed by atoms with Gasteiger partial charge in [0.25, 0.3) is 5.69 Å². The third-order valence-electron chi connectivity index (χ3n) is 6.01. The standard InChI is InChI=1S/C25H20F3N3O/c26-16-5-6-17(22(28)13-16)20-14-23(15-7-10-29-11-8-15)30-24-18(20)9-12-31(32)25(24)19-3-1-2-4-21(19)27/h1-6,9,12-15,29H,7-8,10-11H2. The topological polar surface area (TPSA) is 51.9 Å². The van der Waals surface area contributed by atoms with Crippen molar-refractivity contribution in [2.24, 2.45) is 0 Å². The van der Waals surface area contributed by atoms with E-state index < -0.39 is 17.5 Å². The van der Waals surface area contributed by atoms with Gasteiger partial charge in [-0.15, -0.1) is 0 Å². The van der Waals surface area contributed by atoms with Gasteiger partial charge in [0.05, 0.1) is 5.56 Å². The quantitative estimate of drug-likeness (QED) is 0.360. The van der Waals surface area contributed by atoms with Gasteiger partial charge in [0, 0.05) is 34.7 Å². The molecule has 7 heteroatoms. The van der Waals surface area contributed by atoms with E-state index in [1.165, 1.54) is 30.5 Å². The van der Waals surface area contributed by atoms with Gasteiger partial charge in [-0.05, 0) is 61.8 Å². The van der Waals surface area contributed by atoms with Crippen molar-refractivity contribution in [1.82, 2.24) is 10.3 Å². The SMILES string of the molecule is [O-][n+]1ccc2c(-c3ccc(F)cc3F)cc(C3CCNCC3)nc2c1-c1ccccc1F. The highest BCUT2D eigenvalue weighted by molar-refractivity contribution is 6.00. The lowest BCUT2D eigenvalue weighted by atomic mass is 9.90. The lowest BCUT2D eigenvalue weighted by Crippen LogP contribution is -2.30. The van der Waals surface area contributed by atoms with Gasteiger partial charge in [-0.25, -0.2) is 18.2 Å². The monoisotopic (exact) mass is 435 g/mol. The van der Waals surface area contributed by atoms with Crippen molar-refractivity contribution in [2.75, 3.05) is 13.1 Å². The van der Waals surface area contributed by atoms with Crippen LogP contribution in [-0.4, -0.2) is 18.1 Å². The van der Waals surface area contributed by atoms with E-state index in [1.807, 2.05) is 6.07 Å². The molecule has 0 bridgehead atoms. The molecule has 0 unspecified atom stereocenters. The number of hydrogen-bond donors (Lipinski definition) is 1. The molecule has 0 saturated carbocycles. The second kappa shape index (κ2) is 8.24. The van der Waals surface area contributed by atoms with E-state index in [2.05, 4.69) is 5.32 Å². The highest BCUT2D eigenvalue weighted by Gasteiger charge is 2.25. The van der Waals surface area contributed by atoms with Crippen LogP contribution in [0, 0.1) is 22.7 Å². The molecule has 32 heavy (non-hydrogen) atoms. The second-order valence-electron chi connectivity index (χ2n) is 7.98. The number of piperidine rings is 1. The van der Waals surface area contributed by atoms with Gasteiger partial charge in [-0.3, -0.25) is 0 Å². The van der Waals surface area contributed by atoms with E-state index in [1.54, 1.807) is 18.2 Å². The van der Waals surface area contributed by atoms with Crippen molar-refractivity contribution < 1.29 is 17.9 Å². The summed E-state index contributed by atoms with van der Waals surface area (Å²) in [6.45, 7) is 1.64. The van der Waals surface area contributed by atoms with Crippen LogP contribution < -0.4 is 10.0 Å². The zero-order chi connectivity index (χ0) is 22.2. The van der Waals surface area contributed by atoms with Gasteiger partial charge < -0.3 is 10.5 Å². The van der Waals surface area contributed by atoms with Crippen LogP contribution in [0.4, 0.5) is 13.2 Å². The number of nitrogens with one attached hydrogen (secondary N) is 1. The van der Waals surface area contributed by atoms with Crippen molar-refractivity contribution in [3.8, 4) is 22.4 Å². The first-order chi connectivity index (χ1) is 15.5. The van der Waals surface area contributed by atoms with Crippen LogP contribution in [0.15, 0.2) is 60.8 Å². The van der Waals surface area contributed by atoms with E-state index in [-0.39, 0.29) is 22.7 Å². The van der Waals surface area contributed by atoms with Crippen molar-refractivity contribution in [3.05, 3.63) is 89.1 Å². The average molecular weight is 435 g/mol. The van der Waals surface area contributed by atoms with Crippen LogP contribution in [0.1, 0.15) is 24.5 Å². The Morgan fingerprint density at radius 2 is 1.66 bits per heavy atom. The largest absolute Gasteiger partial charge is 0.618 e. The van der Waals surface area contributed by atoms with E-state index in [0.29, 0.717) is 26.9 Å². The Morgan fingerprint density at radius 1 is 0.875 bits per heavy atom. The summed E-state index contributed by atoms with van der Waals surface area (Å²) in [7, 11) is 0. The lowest BCUT2D eigenvalue weighted by molar-refractivity contribution is -0.592. The first-order valence-corrected chi connectivity index (χ1v) is 10.5. The van der Waals surface area contributed by atoms with Gasteiger partial charge in [0.1, 0.15) is 23.0 Å². The molecule has 2 aromatic heterocycles. The first-order valence-electron chi connectivity index (χ1n) is 10.5. The van der Waals surface area contributed by atoms with Crippen LogP contribution in [0.3, 0.4) is 0 Å². The van der Waals surface area contributed by atoms with Crippen LogP contribution in [0.2, 0.25) is 0 Å². The molecule has 0 atom stereocenters. The predicted octanol–water partition coefficient (Wildman–Crippen LogP) is 5.09. The normalized spacial score (nSPS) is 14.7. The molecule has 1 saturated heterocycles. The van der Waals surface area contributed by atoms with E-state index >= 15 is 0 Å². The Labute approximate surface area is 182 Å². The Hall–Kier alpha value is -3.45. The molecule has 1 N–H and O–H groups in total. The summed E-state index contributed by atoms with van der Waals surface area (Å²) in [5, 5.41) is 16.6. The van der Waals surface area contributed by atoms with Crippen LogP contribution in [-0.2, 0) is 0 Å². The number of rotatable bonds is 3. The third kappa shape index (κ3) is 3.58. The maximum Gasteiger partial charge on any atom is 0.253 e. The maximum atomic E-state index is 14.8. The molecule has 1 fully saturated rings. The van der Waals surface area contributed by atoms with Gasteiger partial charge >= 0.3 is 0 Å². The summed E-state index contributed by atoms with van der Waals surface area (Å²) in [5.74, 6) is -1.82. The fourth-order valence-corrected chi connectivity index (χ4v) is 4.40. The zero-order valence-corrected chi connectivity index (χ0v) is 17.1. The number of aromatic nitrogens is 2. The maximum absolute atomic E-state index is 14.8. The molecule has 162 valence electrons. The number of fused-ring (bicyclic) bond motifs is 1. The van der Waals surface area contributed by atoms with Crippen LogP contribution in [0.5, 0.6) is 0 Å². The van der Waals surface area contributed by atoms with Crippen molar-refractivity contribution in [3.63, 3.8) is 0 Å². The molecule has 4 aromatic rings. The van der Waals surface area contributed by atoms with Crippen molar-refractivity contribution in [2.45, 2.75) is 18.8 Å². The fourth-order valence-electron chi connectivity index (χ4n) is 4.40. The number of pyridine rings is 2. The smallest absolute Gasteiger partial charge is 0.253 e. The molecule has 5 rings (SSSR count). The first kappa shape index (κ1) is 20.5. The highest BCUT2D eigenvalue weighted by Crippen LogP contribution is 2.37. The minimum absolute atomic E-state index is 0.0696. The van der Waals surface area contributed by atoms with Crippen molar-refractivity contribution >= 4 is 10.9 Å².